The molecule has 10 heteroatoms. The molecule has 0 aliphatic carbocycles. The third-order valence-electron chi connectivity index (χ3n) is 4.96. The van der Waals surface area contributed by atoms with Gasteiger partial charge in [0.2, 0.25) is 0 Å². The van der Waals surface area contributed by atoms with Crippen molar-refractivity contribution in [2.24, 2.45) is 5.10 Å². The van der Waals surface area contributed by atoms with Crippen LogP contribution in [0.15, 0.2) is 71.8 Å². The van der Waals surface area contributed by atoms with Gasteiger partial charge in [-0.15, -0.1) is 0 Å². The Morgan fingerprint density at radius 2 is 1.63 bits per heavy atom. The van der Waals surface area contributed by atoms with E-state index in [1.807, 2.05) is 26.0 Å². The molecule has 3 rings (SSSR count). The first-order valence-corrected chi connectivity index (χ1v) is 10.4. The number of hydrazone groups is 1. The third-order valence-corrected chi connectivity index (χ3v) is 4.96. The van der Waals surface area contributed by atoms with Crippen molar-refractivity contribution in [1.29, 1.82) is 0 Å². The van der Waals surface area contributed by atoms with E-state index in [9.17, 15) is 24.5 Å². The van der Waals surface area contributed by atoms with Crippen LogP contribution in [0.1, 0.15) is 34.0 Å². The van der Waals surface area contributed by atoms with Crippen LogP contribution < -0.4 is 15.5 Å². The molecular formula is C25H22N4O6. The Kier molecular flexibility index (Phi) is 7.67. The molecule has 2 N–H and O–H groups in total. The molecule has 0 aliphatic rings. The van der Waals surface area contributed by atoms with Gasteiger partial charge < -0.3 is 10.1 Å². The van der Waals surface area contributed by atoms with Crippen molar-refractivity contribution in [3.63, 3.8) is 0 Å². The van der Waals surface area contributed by atoms with E-state index in [-0.39, 0.29) is 17.0 Å². The van der Waals surface area contributed by atoms with Crippen molar-refractivity contribution in [3.05, 3.63) is 99.1 Å². The smallest absolute Gasteiger partial charge is 0.350 e. The van der Waals surface area contributed by atoms with Crippen LogP contribution in [-0.2, 0) is 9.59 Å². The summed E-state index contributed by atoms with van der Waals surface area (Å²) in [6.07, 6.45) is 0. The SMILES string of the molecule is CC(=NNC(=O)C(=O)Nc1ccc(C)cc1C)c1ccc(OC(=O)c2ccccc2[N+](=O)[O-])cc1. The number of ether oxygens (including phenoxy) is 1. The molecule has 0 unspecified atom stereocenters. The van der Waals surface area contributed by atoms with E-state index < -0.39 is 22.7 Å². The van der Waals surface area contributed by atoms with E-state index in [0.29, 0.717) is 17.0 Å². The molecule has 0 fully saturated rings. The van der Waals surface area contributed by atoms with Crippen LogP contribution >= 0.6 is 0 Å². The Morgan fingerprint density at radius 1 is 0.943 bits per heavy atom. The zero-order chi connectivity index (χ0) is 25.5. The number of nitrogens with zero attached hydrogens (tertiary/aromatic N) is 2. The molecule has 0 saturated heterocycles. The van der Waals surface area contributed by atoms with Crippen LogP contribution in [0.4, 0.5) is 11.4 Å². The second-order valence-electron chi connectivity index (χ2n) is 7.60. The van der Waals surface area contributed by atoms with Crippen molar-refractivity contribution in [2.45, 2.75) is 20.8 Å². The molecule has 3 aromatic carbocycles. The van der Waals surface area contributed by atoms with E-state index in [1.54, 1.807) is 25.1 Å². The maximum atomic E-state index is 12.3. The summed E-state index contributed by atoms with van der Waals surface area (Å²) < 4.78 is 5.22. The fraction of sp³-hybridized carbons (Fsp3) is 0.120. The molecule has 0 saturated carbocycles. The molecule has 0 radical (unpaired) electrons. The van der Waals surface area contributed by atoms with Gasteiger partial charge in [0.15, 0.2) is 0 Å². The Morgan fingerprint density at radius 3 is 2.29 bits per heavy atom. The Hall–Kier alpha value is -4.86. The molecule has 0 bridgehead atoms. The second-order valence-corrected chi connectivity index (χ2v) is 7.60. The molecular weight excluding hydrogens is 452 g/mol. The van der Waals surface area contributed by atoms with E-state index in [1.165, 1.54) is 36.4 Å². The number of esters is 1. The standard InChI is InChI=1S/C25H22N4O6/c1-15-8-13-21(16(2)14-15)26-23(30)24(31)28-27-17(3)18-9-11-19(12-10-18)35-25(32)20-6-4-5-7-22(20)29(33)34/h4-14H,1-3H3,(H,26,30)(H,28,31). The summed E-state index contributed by atoms with van der Waals surface area (Å²) in [7, 11) is 0. The molecule has 0 heterocycles. The van der Waals surface area contributed by atoms with Gasteiger partial charge in [0.25, 0.3) is 5.69 Å². The number of nitro benzene ring substituents is 1. The first-order chi connectivity index (χ1) is 16.7. The van der Waals surface area contributed by atoms with Gasteiger partial charge in [-0.2, -0.15) is 5.10 Å². The number of carbonyl (C=O) groups is 3. The topological polar surface area (TPSA) is 140 Å². The number of nitrogens with one attached hydrogen (secondary N) is 2. The Balaban J connectivity index is 1.61. The predicted molar refractivity (Wildman–Crippen MR) is 129 cm³/mol. The quantitative estimate of drug-likeness (QED) is 0.139. The van der Waals surface area contributed by atoms with Crippen molar-refractivity contribution in [3.8, 4) is 5.75 Å². The predicted octanol–water partition coefficient (Wildman–Crippen LogP) is 3.91. The number of amides is 2. The van der Waals surface area contributed by atoms with Crippen LogP contribution in [0, 0.1) is 24.0 Å². The number of nitro groups is 1. The van der Waals surface area contributed by atoms with Crippen LogP contribution in [0.2, 0.25) is 0 Å². The van der Waals surface area contributed by atoms with Gasteiger partial charge in [0.1, 0.15) is 11.3 Å². The lowest BCUT2D eigenvalue weighted by Gasteiger charge is -2.09. The summed E-state index contributed by atoms with van der Waals surface area (Å²) in [6.45, 7) is 5.37. The highest BCUT2D eigenvalue weighted by Gasteiger charge is 2.21. The molecule has 178 valence electrons. The Labute approximate surface area is 200 Å². The number of hydrogen-bond donors (Lipinski definition) is 2. The van der Waals surface area contributed by atoms with E-state index in [4.69, 9.17) is 4.74 Å². The molecule has 35 heavy (non-hydrogen) atoms. The highest BCUT2D eigenvalue weighted by atomic mass is 16.6. The summed E-state index contributed by atoms with van der Waals surface area (Å²) in [5, 5.41) is 17.6. The van der Waals surface area contributed by atoms with E-state index in [0.717, 1.165) is 11.1 Å². The highest BCUT2D eigenvalue weighted by molar-refractivity contribution is 6.39. The average molecular weight is 474 g/mol. The molecule has 10 nitrogen and oxygen atoms in total. The molecule has 2 amide bonds. The lowest BCUT2D eigenvalue weighted by atomic mass is 10.1. The molecule has 0 aliphatic heterocycles. The summed E-state index contributed by atoms with van der Waals surface area (Å²) in [6, 6.07) is 17.1. The lowest BCUT2D eigenvalue weighted by molar-refractivity contribution is -0.385. The van der Waals surface area contributed by atoms with Crippen molar-refractivity contribution in [1.82, 2.24) is 5.43 Å². The van der Waals surface area contributed by atoms with Crippen molar-refractivity contribution in [2.75, 3.05) is 5.32 Å². The summed E-state index contributed by atoms with van der Waals surface area (Å²) in [4.78, 5) is 47.0. The second kappa shape index (κ2) is 10.8. The molecule has 0 atom stereocenters. The number of rotatable bonds is 6. The maximum absolute atomic E-state index is 12.3. The van der Waals surface area contributed by atoms with Gasteiger partial charge in [-0.3, -0.25) is 19.7 Å². The summed E-state index contributed by atoms with van der Waals surface area (Å²) >= 11 is 0. The van der Waals surface area contributed by atoms with Crippen LogP contribution in [0.25, 0.3) is 0 Å². The third kappa shape index (κ3) is 6.35. The number of benzene rings is 3. The molecule has 0 aromatic heterocycles. The van der Waals surface area contributed by atoms with Gasteiger partial charge in [-0.1, -0.05) is 29.8 Å². The van der Waals surface area contributed by atoms with Gasteiger partial charge in [-0.05, 0) is 68.3 Å². The number of para-hydroxylation sites is 1. The normalized spacial score (nSPS) is 10.9. The minimum Gasteiger partial charge on any atom is -0.423 e. The first-order valence-electron chi connectivity index (χ1n) is 10.4. The minimum atomic E-state index is -0.931. The number of anilines is 1. The Bertz CT molecular complexity index is 1330. The summed E-state index contributed by atoms with van der Waals surface area (Å²) in [5.41, 5.74) is 5.06. The highest BCUT2D eigenvalue weighted by Crippen LogP contribution is 2.21. The molecule has 0 spiro atoms. The van der Waals surface area contributed by atoms with Gasteiger partial charge >= 0.3 is 17.8 Å². The zero-order valence-corrected chi connectivity index (χ0v) is 19.2. The maximum Gasteiger partial charge on any atom is 0.350 e. The monoisotopic (exact) mass is 474 g/mol. The fourth-order valence-corrected chi connectivity index (χ4v) is 3.11. The van der Waals surface area contributed by atoms with Crippen molar-refractivity contribution >= 4 is 34.9 Å². The van der Waals surface area contributed by atoms with Crippen LogP contribution in [0.5, 0.6) is 5.75 Å². The van der Waals surface area contributed by atoms with Crippen molar-refractivity contribution < 1.29 is 24.0 Å². The van der Waals surface area contributed by atoms with E-state index in [2.05, 4.69) is 15.8 Å². The summed E-state index contributed by atoms with van der Waals surface area (Å²) in [5.74, 6) is -2.48. The van der Waals surface area contributed by atoms with Crippen LogP contribution in [0.3, 0.4) is 0 Å². The number of carbonyl (C=O) groups excluding carboxylic acids is 3. The number of hydrogen-bond acceptors (Lipinski definition) is 7. The van der Waals surface area contributed by atoms with E-state index >= 15 is 0 Å². The zero-order valence-electron chi connectivity index (χ0n) is 19.2. The van der Waals surface area contributed by atoms with Gasteiger partial charge in [-0.25, -0.2) is 10.2 Å². The lowest BCUT2D eigenvalue weighted by Crippen LogP contribution is -2.33. The fourth-order valence-electron chi connectivity index (χ4n) is 3.11. The molecule has 3 aromatic rings. The average Bonchev–Trinajstić information content (AvgIpc) is 2.84. The minimum absolute atomic E-state index is 0.166. The van der Waals surface area contributed by atoms with Gasteiger partial charge in [0, 0.05) is 11.8 Å². The largest absolute Gasteiger partial charge is 0.423 e. The van der Waals surface area contributed by atoms with Gasteiger partial charge in [0.05, 0.1) is 10.6 Å². The van der Waals surface area contributed by atoms with Crippen LogP contribution in [-0.4, -0.2) is 28.4 Å². The number of aryl methyl sites for hydroxylation is 2. The first kappa shape index (κ1) is 24.8.